The van der Waals surface area contributed by atoms with Crippen LogP contribution in [-0.2, 0) is 4.74 Å². The van der Waals surface area contributed by atoms with E-state index in [-0.39, 0.29) is 11.9 Å². The van der Waals surface area contributed by atoms with Gasteiger partial charge in [-0.15, -0.1) is 0 Å². The van der Waals surface area contributed by atoms with Crippen molar-refractivity contribution in [2.45, 2.75) is 26.8 Å². The number of ether oxygens (including phenoxy) is 1. The van der Waals surface area contributed by atoms with E-state index in [1.54, 1.807) is 17.5 Å². The number of fused-ring (bicyclic) bond motifs is 2. The lowest BCUT2D eigenvalue weighted by Crippen LogP contribution is -2.36. The molecule has 1 saturated heterocycles. The van der Waals surface area contributed by atoms with Crippen molar-refractivity contribution >= 4 is 49.3 Å². The lowest BCUT2D eigenvalue weighted by molar-refractivity contribution is 0.102. The van der Waals surface area contributed by atoms with Crippen LogP contribution in [0, 0.1) is 6.92 Å². The molecule has 31 heavy (non-hydrogen) atoms. The first-order valence-corrected chi connectivity index (χ1v) is 11.2. The van der Waals surface area contributed by atoms with Crippen LogP contribution in [0.5, 0.6) is 0 Å². The number of hydrogen-bond donors (Lipinski definition) is 1. The lowest BCUT2D eigenvalue weighted by atomic mass is 10.1. The van der Waals surface area contributed by atoms with Crippen LogP contribution in [0.3, 0.4) is 0 Å². The zero-order valence-electron chi connectivity index (χ0n) is 17.8. The van der Waals surface area contributed by atoms with E-state index in [2.05, 4.69) is 34.1 Å². The van der Waals surface area contributed by atoms with Crippen molar-refractivity contribution < 1.29 is 9.53 Å². The first kappa shape index (κ1) is 19.9. The molecule has 1 N–H and O–H groups in total. The Labute approximate surface area is 183 Å². The third-order valence-electron chi connectivity index (χ3n) is 5.41. The predicted octanol–water partition coefficient (Wildman–Crippen LogP) is 4.02. The fraction of sp³-hybridized carbons (Fsp3) is 0.364. The summed E-state index contributed by atoms with van der Waals surface area (Å²) in [7, 11) is 0. The number of aryl methyl sites for hydroxylation is 1. The van der Waals surface area contributed by atoms with Gasteiger partial charge in [-0.3, -0.25) is 4.79 Å². The Morgan fingerprint density at radius 1 is 1.19 bits per heavy atom. The Kier molecular flexibility index (Phi) is 5.07. The third kappa shape index (κ3) is 3.75. The summed E-state index contributed by atoms with van der Waals surface area (Å²) in [5.41, 5.74) is 3.71. The van der Waals surface area contributed by atoms with Gasteiger partial charge in [-0.1, -0.05) is 11.3 Å². The number of amides is 1. The second-order valence-electron chi connectivity index (χ2n) is 7.95. The van der Waals surface area contributed by atoms with Gasteiger partial charge in [0.2, 0.25) is 0 Å². The molecule has 0 unspecified atom stereocenters. The largest absolute Gasteiger partial charge is 0.378 e. The number of carbonyl (C=O) groups is 1. The number of thiazole rings is 1. The van der Waals surface area contributed by atoms with Crippen LogP contribution in [0.15, 0.2) is 30.5 Å². The molecule has 0 spiro atoms. The number of anilines is 2. The maximum Gasteiger partial charge on any atom is 0.257 e. The number of carbonyl (C=O) groups excluding carboxylic acids is 1. The molecule has 0 saturated carbocycles. The summed E-state index contributed by atoms with van der Waals surface area (Å²) in [6.07, 6.45) is 1.76. The van der Waals surface area contributed by atoms with Gasteiger partial charge >= 0.3 is 0 Å². The molecule has 1 aromatic carbocycles. The Morgan fingerprint density at radius 2 is 2.00 bits per heavy atom. The van der Waals surface area contributed by atoms with Crippen molar-refractivity contribution in [1.82, 2.24) is 19.7 Å². The minimum Gasteiger partial charge on any atom is -0.378 e. The summed E-state index contributed by atoms with van der Waals surface area (Å²) >= 11 is 1.64. The second-order valence-corrected chi connectivity index (χ2v) is 8.96. The molecule has 1 aliphatic heterocycles. The highest BCUT2D eigenvalue weighted by Gasteiger charge is 2.18. The molecular weight excluding hydrogens is 412 g/mol. The van der Waals surface area contributed by atoms with Crippen molar-refractivity contribution in [3.63, 3.8) is 0 Å². The maximum absolute atomic E-state index is 13.0. The maximum atomic E-state index is 13.0. The number of rotatable bonds is 4. The average Bonchev–Trinajstić information content (AvgIpc) is 3.37. The normalized spacial score (nSPS) is 14.6. The topological polar surface area (TPSA) is 85.2 Å². The number of nitrogens with one attached hydrogen (secondary N) is 1. The van der Waals surface area contributed by atoms with Crippen molar-refractivity contribution in [3.8, 4) is 0 Å². The van der Waals surface area contributed by atoms with E-state index >= 15 is 0 Å². The zero-order valence-corrected chi connectivity index (χ0v) is 18.6. The Balaban J connectivity index is 1.40. The van der Waals surface area contributed by atoms with Gasteiger partial charge in [0.05, 0.1) is 40.9 Å². The van der Waals surface area contributed by atoms with E-state index in [1.165, 1.54) is 0 Å². The molecule has 1 amide bonds. The van der Waals surface area contributed by atoms with Crippen LogP contribution in [0.1, 0.15) is 35.9 Å². The molecule has 1 fully saturated rings. The van der Waals surface area contributed by atoms with Crippen molar-refractivity contribution in [2.75, 3.05) is 36.5 Å². The van der Waals surface area contributed by atoms with Crippen molar-refractivity contribution in [3.05, 3.63) is 41.7 Å². The number of benzene rings is 1. The first-order valence-electron chi connectivity index (χ1n) is 10.4. The first-order chi connectivity index (χ1) is 15.0. The number of aromatic nitrogens is 4. The molecule has 0 radical (unpaired) electrons. The van der Waals surface area contributed by atoms with E-state index in [0.29, 0.717) is 11.3 Å². The van der Waals surface area contributed by atoms with Gasteiger partial charge in [0.25, 0.3) is 5.91 Å². The number of morpholine rings is 1. The summed E-state index contributed by atoms with van der Waals surface area (Å²) in [4.78, 5) is 24.6. The third-order valence-corrected chi connectivity index (χ3v) is 6.49. The monoisotopic (exact) mass is 436 g/mol. The van der Waals surface area contributed by atoms with Gasteiger partial charge in [0.15, 0.2) is 10.8 Å². The van der Waals surface area contributed by atoms with Gasteiger partial charge in [-0.25, -0.2) is 14.6 Å². The molecule has 1 aliphatic rings. The summed E-state index contributed by atoms with van der Waals surface area (Å²) in [5.74, 6) is -0.179. The predicted molar refractivity (Wildman–Crippen MR) is 123 cm³/mol. The molecule has 4 aromatic rings. The second kappa shape index (κ2) is 7.90. The van der Waals surface area contributed by atoms with E-state index in [1.807, 2.05) is 35.9 Å². The minimum absolute atomic E-state index is 0.179. The average molecular weight is 437 g/mol. The summed E-state index contributed by atoms with van der Waals surface area (Å²) in [6.45, 7) is 9.13. The minimum atomic E-state index is -0.179. The van der Waals surface area contributed by atoms with Gasteiger partial charge < -0.3 is 15.0 Å². The van der Waals surface area contributed by atoms with Gasteiger partial charge in [-0.2, -0.15) is 5.10 Å². The van der Waals surface area contributed by atoms with Crippen LogP contribution in [-0.4, -0.2) is 52.0 Å². The zero-order chi connectivity index (χ0) is 21.5. The summed E-state index contributed by atoms with van der Waals surface area (Å²) in [6, 6.07) is 7.89. The van der Waals surface area contributed by atoms with Gasteiger partial charge in [-0.05, 0) is 45.0 Å². The van der Waals surface area contributed by atoms with E-state index in [0.717, 1.165) is 58.4 Å². The SMILES string of the molecule is Cc1nc2c(cnn2C(C)C)cc1C(=O)Nc1ccc2nc(N3CCOCC3)sc2c1. The van der Waals surface area contributed by atoms with Crippen LogP contribution in [0.25, 0.3) is 21.3 Å². The van der Waals surface area contributed by atoms with Crippen LogP contribution in [0.2, 0.25) is 0 Å². The Hall–Kier alpha value is -3.04. The van der Waals surface area contributed by atoms with Crippen LogP contribution < -0.4 is 10.2 Å². The van der Waals surface area contributed by atoms with E-state index < -0.39 is 0 Å². The fourth-order valence-corrected chi connectivity index (χ4v) is 4.81. The highest BCUT2D eigenvalue weighted by molar-refractivity contribution is 7.22. The standard InChI is InChI=1S/C22H24N6O2S/c1-13(2)28-20-15(12-23-28)10-17(14(3)24-20)21(29)25-16-4-5-18-19(11-16)31-22(26-18)27-6-8-30-9-7-27/h4-5,10-13H,6-9H2,1-3H3,(H,25,29). The quantitative estimate of drug-likeness (QED) is 0.520. The van der Waals surface area contributed by atoms with E-state index in [9.17, 15) is 4.79 Å². The Bertz CT molecular complexity index is 1270. The molecular formula is C22H24N6O2S. The molecule has 5 rings (SSSR count). The molecule has 0 atom stereocenters. The lowest BCUT2D eigenvalue weighted by Gasteiger charge is -2.25. The Morgan fingerprint density at radius 3 is 2.77 bits per heavy atom. The summed E-state index contributed by atoms with van der Waals surface area (Å²) < 4.78 is 8.34. The van der Waals surface area contributed by atoms with Crippen LogP contribution in [0.4, 0.5) is 10.8 Å². The molecule has 8 nitrogen and oxygen atoms in total. The molecule has 9 heteroatoms. The molecule has 0 bridgehead atoms. The molecule has 3 aromatic heterocycles. The number of pyridine rings is 1. The fourth-order valence-electron chi connectivity index (χ4n) is 3.75. The van der Waals surface area contributed by atoms with Crippen LogP contribution >= 0.6 is 11.3 Å². The smallest absolute Gasteiger partial charge is 0.257 e. The van der Waals surface area contributed by atoms with Crippen molar-refractivity contribution in [2.24, 2.45) is 0 Å². The highest BCUT2D eigenvalue weighted by atomic mass is 32.1. The van der Waals surface area contributed by atoms with Gasteiger partial charge in [0, 0.05) is 30.2 Å². The number of nitrogens with zero attached hydrogens (tertiary/aromatic N) is 5. The number of hydrogen-bond acceptors (Lipinski definition) is 7. The summed E-state index contributed by atoms with van der Waals surface area (Å²) in [5, 5.41) is 9.27. The molecule has 0 aliphatic carbocycles. The van der Waals surface area contributed by atoms with Crippen molar-refractivity contribution in [1.29, 1.82) is 0 Å². The molecule has 160 valence electrons. The van der Waals surface area contributed by atoms with Gasteiger partial charge in [0.1, 0.15) is 0 Å². The van der Waals surface area contributed by atoms with E-state index in [4.69, 9.17) is 9.72 Å². The molecule has 4 heterocycles. The highest BCUT2D eigenvalue weighted by Crippen LogP contribution is 2.31.